The molecule has 1 N–H and O–H groups in total. The molecule has 3 aromatic rings. The van der Waals surface area contributed by atoms with Gasteiger partial charge in [-0.05, 0) is 36.4 Å². The minimum Gasteiger partial charge on any atom is -0.435 e. The molecule has 2 aromatic carbocycles. The number of halogens is 4. The van der Waals surface area contributed by atoms with Crippen LogP contribution in [0.25, 0.3) is 22.4 Å². The first-order chi connectivity index (χ1) is 10.0. The van der Waals surface area contributed by atoms with Gasteiger partial charge in [0.25, 0.3) is 0 Å². The van der Waals surface area contributed by atoms with Crippen LogP contribution in [0.2, 0.25) is 10.0 Å². The molecule has 0 aliphatic carbocycles. The van der Waals surface area contributed by atoms with Gasteiger partial charge < -0.3 is 9.72 Å². The van der Waals surface area contributed by atoms with Crippen molar-refractivity contribution < 1.29 is 13.5 Å². The van der Waals surface area contributed by atoms with Crippen molar-refractivity contribution >= 4 is 34.2 Å². The van der Waals surface area contributed by atoms with Gasteiger partial charge in [-0.1, -0.05) is 23.2 Å². The van der Waals surface area contributed by atoms with Gasteiger partial charge in [0, 0.05) is 5.56 Å². The first-order valence-corrected chi connectivity index (χ1v) is 6.68. The second-order valence-electron chi connectivity index (χ2n) is 4.27. The molecule has 0 amide bonds. The third kappa shape index (κ3) is 2.94. The molecule has 0 atom stereocenters. The van der Waals surface area contributed by atoms with Crippen LogP contribution in [-0.2, 0) is 0 Å². The lowest BCUT2D eigenvalue weighted by atomic mass is 10.2. The molecular formula is C14H8Cl2F2N2O. The van der Waals surface area contributed by atoms with Gasteiger partial charge in [-0.15, -0.1) is 0 Å². The summed E-state index contributed by atoms with van der Waals surface area (Å²) in [7, 11) is 0. The minimum absolute atomic E-state index is 0.0935. The summed E-state index contributed by atoms with van der Waals surface area (Å²) < 4.78 is 28.5. The van der Waals surface area contributed by atoms with E-state index in [1.807, 2.05) is 0 Å². The van der Waals surface area contributed by atoms with Crippen LogP contribution in [0.5, 0.6) is 5.75 Å². The van der Waals surface area contributed by atoms with E-state index < -0.39 is 6.61 Å². The highest BCUT2D eigenvalue weighted by molar-refractivity contribution is 6.42. The molecule has 0 saturated carbocycles. The van der Waals surface area contributed by atoms with Gasteiger partial charge in [0.2, 0.25) is 0 Å². The largest absolute Gasteiger partial charge is 0.435 e. The number of benzene rings is 2. The Balaban J connectivity index is 1.96. The third-order valence-corrected chi connectivity index (χ3v) is 3.60. The van der Waals surface area contributed by atoms with E-state index in [1.54, 1.807) is 24.3 Å². The first kappa shape index (κ1) is 14.1. The summed E-state index contributed by atoms with van der Waals surface area (Å²) in [6, 6.07) is 9.53. The molecule has 21 heavy (non-hydrogen) atoms. The van der Waals surface area contributed by atoms with Crippen molar-refractivity contribution in [3.8, 4) is 17.1 Å². The van der Waals surface area contributed by atoms with E-state index in [-0.39, 0.29) is 5.75 Å². The van der Waals surface area contributed by atoms with Crippen molar-refractivity contribution in [2.24, 2.45) is 0 Å². The molecule has 108 valence electrons. The van der Waals surface area contributed by atoms with Crippen LogP contribution in [0.3, 0.4) is 0 Å². The van der Waals surface area contributed by atoms with Gasteiger partial charge >= 0.3 is 6.61 Å². The molecule has 0 unspecified atom stereocenters. The highest BCUT2D eigenvalue weighted by Crippen LogP contribution is 2.29. The fourth-order valence-electron chi connectivity index (χ4n) is 1.94. The SMILES string of the molecule is FC(F)Oc1ccc(-c2nc3cc(Cl)c(Cl)cc3[nH]2)cc1. The summed E-state index contributed by atoms with van der Waals surface area (Å²) in [5.74, 6) is 0.683. The Kier molecular flexibility index (Phi) is 3.69. The summed E-state index contributed by atoms with van der Waals surface area (Å²) in [6.07, 6.45) is 0. The van der Waals surface area contributed by atoms with Crippen molar-refractivity contribution in [3.05, 3.63) is 46.4 Å². The highest BCUT2D eigenvalue weighted by atomic mass is 35.5. The maximum absolute atomic E-state index is 12.1. The van der Waals surface area contributed by atoms with Crippen molar-refractivity contribution in [1.29, 1.82) is 0 Å². The maximum Gasteiger partial charge on any atom is 0.387 e. The number of hydrogen-bond acceptors (Lipinski definition) is 2. The Morgan fingerprint density at radius 3 is 2.38 bits per heavy atom. The average Bonchev–Trinajstić information content (AvgIpc) is 2.82. The molecule has 3 nitrogen and oxygen atoms in total. The number of imidazole rings is 1. The van der Waals surface area contributed by atoms with Gasteiger partial charge in [-0.2, -0.15) is 8.78 Å². The fourth-order valence-corrected chi connectivity index (χ4v) is 2.26. The Labute approximate surface area is 128 Å². The highest BCUT2D eigenvalue weighted by Gasteiger charge is 2.09. The number of rotatable bonds is 3. The lowest BCUT2D eigenvalue weighted by molar-refractivity contribution is -0.0498. The molecule has 1 aromatic heterocycles. The molecular weight excluding hydrogens is 321 g/mol. The maximum atomic E-state index is 12.1. The van der Waals surface area contributed by atoms with Crippen LogP contribution in [0.4, 0.5) is 8.78 Å². The number of H-pyrrole nitrogens is 1. The van der Waals surface area contributed by atoms with E-state index >= 15 is 0 Å². The standard InChI is InChI=1S/C14H8Cl2F2N2O/c15-9-5-11-12(6-10(9)16)20-13(19-11)7-1-3-8(4-2-7)21-14(17)18/h1-6,14H,(H,19,20). The first-order valence-electron chi connectivity index (χ1n) is 5.93. The number of nitrogens with one attached hydrogen (secondary N) is 1. The van der Waals surface area contributed by atoms with Crippen LogP contribution in [0.15, 0.2) is 36.4 Å². The van der Waals surface area contributed by atoms with Gasteiger partial charge in [-0.3, -0.25) is 0 Å². The normalized spacial score (nSPS) is 11.3. The van der Waals surface area contributed by atoms with Gasteiger partial charge in [0.15, 0.2) is 0 Å². The quantitative estimate of drug-likeness (QED) is 0.723. The molecule has 0 fully saturated rings. The van der Waals surface area contributed by atoms with Crippen LogP contribution in [0, 0.1) is 0 Å². The summed E-state index contributed by atoms with van der Waals surface area (Å²) >= 11 is 11.9. The zero-order valence-corrected chi connectivity index (χ0v) is 11.9. The number of aromatic nitrogens is 2. The fraction of sp³-hybridized carbons (Fsp3) is 0.0714. The predicted molar refractivity (Wildman–Crippen MR) is 78.2 cm³/mol. The van der Waals surface area contributed by atoms with Gasteiger partial charge in [0.1, 0.15) is 11.6 Å². The number of aromatic amines is 1. The number of nitrogens with zero attached hydrogens (tertiary/aromatic N) is 1. The minimum atomic E-state index is -2.84. The topological polar surface area (TPSA) is 37.9 Å². The van der Waals surface area contributed by atoms with Gasteiger partial charge in [0.05, 0.1) is 21.1 Å². The summed E-state index contributed by atoms with van der Waals surface area (Å²) in [4.78, 5) is 7.48. The Hall–Kier alpha value is -1.85. The molecule has 0 aliphatic rings. The summed E-state index contributed by atoms with van der Waals surface area (Å²) in [5.41, 5.74) is 2.15. The van der Waals surface area contributed by atoms with Crippen molar-refractivity contribution in [2.75, 3.05) is 0 Å². The molecule has 0 bridgehead atoms. The zero-order valence-electron chi connectivity index (χ0n) is 10.4. The Morgan fingerprint density at radius 1 is 1.05 bits per heavy atom. The van der Waals surface area contributed by atoms with Crippen molar-refractivity contribution in [1.82, 2.24) is 9.97 Å². The number of hydrogen-bond donors (Lipinski definition) is 1. The van der Waals surface area contributed by atoms with E-state index in [9.17, 15) is 8.78 Å². The molecule has 1 heterocycles. The molecule has 7 heteroatoms. The molecule has 0 spiro atoms. The second kappa shape index (κ2) is 5.50. The molecule has 0 radical (unpaired) electrons. The van der Waals surface area contributed by atoms with E-state index in [4.69, 9.17) is 23.2 Å². The zero-order chi connectivity index (χ0) is 15.0. The van der Waals surface area contributed by atoms with Crippen molar-refractivity contribution in [3.63, 3.8) is 0 Å². The number of ether oxygens (including phenoxy) is 1. The molecule has 0 saturated heterocycles. The van der Waals surface area contributed by atoms with Crippen LogP contribution in [-0.4, -0.2) is 16.6 Å². The monoisotopic (exact) mass is 328 g/mol. The second-order valence-corrected chi connectivity index (χ2v) is 5.09. The smallest absolute Gasteiger partial charge is 0.387 e. The average molecular weight is 329 g/mol. The van der Waals surface area contributed by atoms with E-state index in [2.05, 4.69) is 14.7 Å². The third-order valence-electron chi connectivity index (χ3n) is 2.88. The van der Waals surface area contributed by atoms with Gasteiger partial charge in [-0.25, -0.2) is 4.98 Å². The Morgan fingerprint density at radius 2 is 1.71 bits per heavy atom. The predicted octanol–water partition coefficient (Wildman–Crippen LogP) is 5.14. The van der Waals surface area contributed by atoms with E-state index in [0.29, 0.717) is 21.4 Å². The van der Waals surface area contributed by atoms with E-state index in [0.717, 1.165) is 11.1 Å². The molecule has 3 rings (SSSR count). The van der Waals surface area contributed by atoms with E-state index in [1.165, 1.54) is 12.1 Å². The number of fused-ring (bicyclic) bond motifs is 1. The van der Waals surface area contributed by atoms with Crippen LogP contribution >= 0.6 is 23.2 Å². The van der Waals surface area contributed by atoms with Crippen LogP contribution in [0.1, 0.15) is 0 Å². The summed E-state index contributed by atoms with van der Waals surface area (Å²) in [6.45, 7) is -2.84. The van der Waals surface area contributed by atoms with Crippen LogP contribution < -0.4 is 4.74 Å². The lowest BCUT2D eigenvalue weighted by Gasteiger charge is -2.04. The number of alkyl halides is 2. The summed E-state index contributed by atoms with van der Waals surface area (Å²) in [5, 5.41) is 0.850. The lowest BCUT2D eigenvalue weighted by Crippen LogP contribution is -2.01. The Bertz CT molecular complexity index is 749. The molecule has 0 aliphatic heterocycles. The van der Waals surface area contributed by atoms with Crippen molar-refractivity contribution in [2.45, 2.75) is 6.61 Å².